The molecule has 0 aliphatic heterocycles. The second-order valence-corrected chi connectivity index (χ2v) is 6.00. The van der Waals surface area contributed by atoms with Crippen LogP contribution >= 0.6 is 0 Å². The highest BCUT2D eigenvalue weighted by molar-refractivity contribution is 5.99. The standard InChI is InChI=1S/C17H22FN3O4.CH2O2/c1-10(2)21(3)8-7-19-16-14(17(22)23)15(25-20-16)11-5-6-12(18)13(9-11)24-4;2-1-3/h5-6,9-10H,7-8H2,1-4H3,(H,19,20)(H,22,23);1H,(H,2,3). The molecule has 0 radical (unpaired) electrons. The van der Waals surface area contributed by atoms with Crippen molar-refractivity contribution in [2.24, 2.45) is 0 Å². The van der Waals surface area contributed by atoms with Gasteiger partial charge in [0.15, 0.2) is 28.7 Å². The molecule has 10 heteroatoms. The molecule has 0 unspecified atom stereocenters. The Kier molecular flexibility index (Phi) is 8.89. The molecule has 3 N–H and O–H groups in total. The number of aromatic carboxylic acids is 1. The second-order valence-electron chi connectivity index (χ2n) is 6.00. The lowest BCUT2D eigenvalue weighted by atomic mass is 10.1. The van der Waals surface area contributed by atoms with Gasteiger partial charge in [-0.15, -0.1) is 0 Å². The predicted molar refractivity (Wildman–Crippen MR) is 100 cm³/mol. The summed E-state index contributed by atoms with van der Waals surface area (Å²) in [6.07, 6.45) is 0. The molecule has 28 heavy (non-hydrogen) atoms. The van der Waals surface area contributed by atoms with Crippen molar-refractivity contribution in [3.05, 3.63) is 29.6 Å². The number of halogens is 1. The molecule has 1 heterocycles. The Morgan fingerprint density at radius 1 is 1.46 bits per heavy atom. The SMILES string of the molecule is COc1cc(-c2onc(NCCN(C)C(C)C)c2C(=O)O)ccc1F.O=CO. The molecule has 154 valence electrons. The van der Waals surface area contributed by atoms with Crippen molar-refractivity contribution >= 4 is 18.3 Å². The molecule has 0 amide bonds. The zero-order valence-corrected chi connectivity index (χ0v) is 16.1. The van der Waals surface area contributed by atoms with E-state index >= 15 is 0 Å². The van der Waals surface area contributed by atoms with Crippen molar-refractivity contribution in [1.82, 2.24) is 10.1 Å². The van der Waals surface area contributed by atoms with Crippen molar-refractivity contribution < 1.29 is 33.5 Å². The Labute approximate surface area is 161 Å². The van der Waals surface area contributed by atoms with Crippen LogP contribution < -0.4 is 10.1 Å². The molecule has 2 rings (SSSR count). The quantitative estimate of drug-likeness (QED) is 0.576. The van der Waals surface area contributed by atoms with Gasteiger partial charge in [-0.25, -0.2) is 9.18 Å². The van der Waals surface area contributed by atoms with Gasteiger partial charge in [0.25, 0.3) is 6.47 Å². The Balaban J connectivity index is 0.00000122. The normalized spacial score (nSPS) is 10.4. The number of rotatable bonds is 8. The summed E-state index contributed by atoms with van der Waals surface area (Å²) in [7, 11) is 3.31. The van der Waals surface area contributed by atoms with Crippen LogP contribution in [0.5, 0.6) is 5.75 Å². The minimum atomic E-state index is -1.18. The van der Waals surface area contributed by atoms with Crippen LogP contribution in [0.4, 0.5) is 10.2 Å². The molecule has 0 saturated carbocycles. The maximum absolute atomic E-state index is 13.6. The van der Waals surface area contributed by atoms with Crippen molar-refractivity contribution in [3.8, 4) is 17.1 Å². The van der Waals surface area contributed by atoms with Gasteiger partial charge in [0.2, 0.25) is 0 Å². The highest BCUT2D eigenvalue weighted by Gasteiger charge is 2.24. The number of carbonyl (C=O) groups is 2. The van der Waals surface area contributed by atoms with Gasteiger partial charge >= 0.3 is 5.97 Å². The third kappa shape index (κ3) is 5.95. The lowest BCUT2D eigenvalue weighted by molar-refractivity contribution is -0.122. The van der Waals surface area contributed by atoms with Crippen LogP contribution in [0.25, 0.3) is 11.3 Å². The molecule has 9 nitrogen and oxygen atoms in total. The van der Waals surface area contributed by atoms with Gasteiger partial charge in [-0.1, -0.05) is 5.16 Å². The van der Waals surface area contributed by atoms with Gasteiger partial charge in [-0.3, -0.25) is 4.79 Å². The molecule has 1 aromatic carbocycles. The fraction of sp³-hybridized carbons (Fsp3) is 0.389. The van der Waals surface area contributed by atoms with E-state index in [1.807, 2.05) is 7.05 Å². The van der Waals surface area contributed by atoms with Crippen LogP contribution in [0.15, 0.2) is 22.7 Å². The van der Waals surface area contributed by atoms with Crippen molar-refractivity contribution in [1.29, 1.82) is 0 Å². The van der Waals surface area contributed by atoms with Crippen molar-refractivity contribution in [3.63, 3.8) is 0 Å². The predicted octanol–water partition coefficient (Wildman–Crippen LogP) is 2.64. The number of aromatic nitrogens is 1. The number of hydrogen-bond acceptors (Lipinski definition) is 7. The summed E-state index contributed by atoms with van der Waals surface area (Å²) in [6.45, 7) is 5.11. The fourth-order valence-electron chi connectivity index (χ4n) is 2.22. The number of benzene rings is 1. The lowest BCUT2D eigenvalue weighted by Gasteiger charge is -2.20. The average molecular weight is 397 g/mol. The van der Waals surface area contributed by atoms with Crippen LogP contribution in [0, 0.1) is 5.82 Å². The third-order valence-electron chi connectivity index (χ3n) is 3.96. The van der Waals surface area contributed by atoms with Gasteiger partial charge < -0.3 is 29.7 Å². The molecule has 0 aliphatic carbocycles. The summed E-state index contributed by atoms with van der Waals surface area (Å²) >= 11 is 0. The van der Waals surface area contributed by atoms with Gasteiger partial charge in [0.1, 0.15) is 0 Å². The van der Waals surface area contributed by atoms with E-state index in [-0.39, 0.29) is 29.4 Å². The number of nitrogens with one attached hydrogen (secondary N) is 1. The number of carboxylic acids is 1. The summed E-state index contributed by atoms with van der Waals surface area (Å²) in [5.41, 5.74) is 0.274. The van der Waals surface area contributed by atoms with Gasteiger partial charge in [-0.05, 0) is 39.1 Å². The summed E-state index contributed by atoms with van der Waals surface area (Å²) in [5, 5.41) is 23.2. The van der Waals surface area contributed by atoms with E-state index in [0.717, 1.165) is 0 Å². The summed E-state index contributed by atoms with van der Waals surface area (Å²) in [5.74, 6) is -1.54. The van der Waals surface area contributed by atoms with E-state index in [0.29, 0.717) is 24.7 Å². The molecule has 2 aromatic rings. The van der Waals surface area contributed by atoms with Gasteiger partial charge in [-0.2, -0.15) is 0 Å². The first-order chi connectivity index (χ1) is 13.3. The molecule has 0 aliphatic rings. The maximum Gasteiger partial charge on any atom is 0.343 e. The van der Waals surface area contributed by atoms with Crippen LogP contribution in [0.3, 0.4) is 0 Å². The first-order valence-corrected chi connectivity index (χ1v) is 8.35. The van der Waals surface area contributed by atoms with E-state index < -0.39 is 11.8 Å². The van der Waals surface area contributed by atoms with E-state index in [9.17, 15) is 14.3 Å². The second kappa shape index (κ2) is 10.9. The zero-order chi connectivity index (χ0) is 21.3. The van der Waals surface area contributed by atoms with Crippen LogP contribution in [0.1, 0.15) is 24.2 Å². The highest BCUT2D eigenvalue weighted by Crippen LogP contribution is 2.32. The molecule has 0 fully saturated rings. The highest BCUT2D eigenvalue weighted by atomic mass is 19.1. The third-order valence-corrected chi connectivity index (χ3v) is 3.96. The number of nitrogens with zero attached hydrogens (tertiary/aromatic N) is 2. The number of ether oxygens (including phenoxy) is 1. The average Bonchev–Trinajstić information content (AvgIpc) is 3.06. The minimum absolute atomic E-state index is 0.00157. The van der Waals surface area contributed by atoms with E-state index in [1.165, 1.54) is 25.3 Å². The number of methoxy groups -OCH3 is 1. The van der Waals surface area contributed by atoms with Gasteiger partial charge in [0.05, 0.1) is 7.11 Å². The molecule has 0 spiro atoms. The molecule has 0 atom stereocenters. The molecular weight excluding hydrogens is 373 g/mol. The Morgan fingerprint density at radius 2 is 2.11 bits per heavy atom. The number of hydrogen-bond donors (Lipinski definition) is 3. The molecule has 1 aromatic heterocycles. The summed E-state index contributed by atoms with van der Waals surface area (Å²) in [4.78, 5) is 22.1. The largest absolute Gasteiger partial charge is 0.494 e. The monoisotopic (exact) mass is 397 g/mol. The fourth-order valence-corrected chi connectivity index (χ4v) is 2.22. The van der Waals surface area contributed by atoms with E-state index in [1.54, 1.807) is 0 Å². The number of carboxylic acid groups (broad SMARTS) is 2. The number of likely N-dealkylation sites (N-methyl/N-ethyl adjacent to an activating group) is 1. The number of anilines is 1. The van der Waals surface area contributed by atoms with Crippen molar-refractivity contribution in [2.75, 3.05) is 32.6 Å². The first-order valence-electron chi connectivity index (χ1n) is 8.35. The Bertz CT molecular complexity index is 794. The van der Waals surface area contributed by atoms with Crippen LogP contribution in [0.2, 0.25) is 0 Å². The van der Waals surface area contributed by atoms with Crippen LogP contribution in [-0.2, 0) is 4.79 Å². The van der Waals surface area contributed by atoms with Crippen LogP contribution in [-0.4, -0.2) is 66.0 Å². The first kappa shape index (κ1) is 22.9. The maximum atomic E-state index is 13.6. The Morgan fingerprint density at radius 3 is 2.64 bits per heavy atom. The lowest BCUT2D eigenvalue weighted by Crippen LogP contribution is -2.31. The summed E-state index contributed by atoms with van der Waals surface area (Å²) in [6, 6.07) is 4.35. The smallest absolute Gasteiger partial charge is 0.343 e. The molecule has 0 saturated heterocycles. The van der Waals surface area contributed by atoms with Gasteiger partial charge in [0, 0.05) is 24.7 Å². The summed E-state index contributed by atoms with van der Waals surface area (Å²) < 4.78 is 23.7. The molecule has 0 bridgehead atoms. The topological polar surface area (TPSA) is 125 Å². The Hall–Kier alpha value is -3.14. The zero-order valence-electron chi connectivity index (χ0n) is 16.1. The van der Waals surface area contributed by atoms with E-state index in [4.69, 9.17) is 19.2 Å². The van der Waals surface area contributed by atoms with Crippen molar-refractivity contribution in [2.45, 2.75) is 19.9 Å². The minimum Gasteiger partial charge on any atom is -0.494 e. The molecular formula is C18H24FN3O6. The van der Waals surface area contributed by atoms with E-state index in [2.05, 4.69) is 29.2 Å².